The van der Waals surface area contributed by atoms with E-state index in [1.807, 2.05) is 6.92 Å². The van der Waals surface area contributed by atoms with Crippen LogP contribution >= 0.6 is 0 Å². The summed E-state index contributed by atoms with van der Waals surface area (Å²) in [6.45, 7) is 8.88. The van der Waals surface area contributed by atoms with Gasteiger partial charge in [-0.15, -0.1) is 0 Å². The Morgan fingerprint density at radius 1 is 1.40 bits per heavy atom. The molecule has 0 aromatic carbocycles. The molecule has 3 nitrogen and oxygen atoms in total. The van der Waals surface area contributed by atoms with Crippen LogP contribution in [0.15, 0.2) is 0 Å². The van der Waals surface area contributed by atoms with Crippen LogP contribution in [0.3, 0.4) is 0 Å². The van der Waals surface area contributed by atoms with Crippen LogP contribution in [-0.2, 0) is 4.43 Å². The van der Waals surface area contributed by atoms with Crippen LogP contribution in [0.1, 0.15) is 46.5 Å². The van der Waals surface area contributed by atoms with Crippen LogP contribution in [0.5, 0.6) is 0 Å². The van der Waals surface area contributed by atoms with Crippen LogP contribution < -0.4 is 11.1 Å². The van der Waals surface area contributed by atoms with E-state index >= 15 is 0 Å². The molecule has 0 aliphatic carbocycles. The Bertz CT molecular complexity index is 133. The van der Waals surface area contributed by atoms with E-state index in [0.717, 1.165) is 29.7 Å². The average molecular weight is 232 g/mol. The Kier molecular flexibility index (Phi) is 8.33. The van der Waals surface area contributed by atoms with Crippen molar-refractivity contribution in [2.75, 3.05) is 13.1 Å². The lowest BCUT2D eigenvalue weighted by Gasteiger charge is -2.32. The van der Waals surface area contributed by atoms with Crippen molar-refractivity contribution in [2.24, 2.45) is 5.73 Å². The van der Waals surface area contributed by atoms with Gasteiger partial charge in [-0.3, -0.25) is 0 Å². The molecule has 1 saturated heterocycles. The molecule has 1 rings (SSSR count). The second kappa shape index (κ2) is 8.27. The molecule has 1 aliphatic rings. The Labute approximate surface area is 97.7 Å². The minimum absolute atomic E-state index is 0.0837. The summed E-state index contributed by atoms with van der Waals surface area (Å²) in [4.78, 5) is 0. The number of rotatable bonds is 5. The molecular formula is C11H28N2OSi. The van der Waals surface area contributed by atoms with Gasteiger partial charge in [0.1, 0.15) is 10.5 Å². The first kappa shape index (κ1) is 15.1. The van der Waals surface area contributed by atoms with E-state index in [1.165, 1.54) is 19.5 Å². The topological polar surface area (TPSA) is 47.3 Å². The molecule has 1 fully saturated rings. The smallest absolute Gasteiger partial charge is 0.146 e. The van der Waals surface area contributed by atoms with E-state index < -0.39 is 0 Å². The van der Waals surface area contributed by atoms with Crippen molar-refractivity contribution < 1.29 is 4.43 Å². The quantitative estimate of drug-likeness (QED) is 0.681. The summed E-state index contributed by atoms with van der Waals surface area (Å²) in [5, 5.41) is 3.11. The highest BCUT2D eigenvalue weighted by Gasteiger charge is 2.25. The summed E-state index contributed by atoms with van der Waals surface area (Å²) >= 11 is 0. The number of hydrogen-bond donors (Lipinski definition) is 2. The lowest BCUT2D eigenvalue weighted by atomic mass is 9.90. The molecule has 4 heteroatoms. The predicted octanol–water partition coefficient (Wildman–Crippen LogP) is 0.559. The maximum absolute atomic E-state index is 5.74. The van der Waals surface area contributed by atoms with Gasteiger partial charge in [-0.1, -0.05) is 13.8 Å². The molecule has 1 aliphatic heterocycles. The third-order valence-electron chi connectivity index (χ3n) is 3.12. The molecule has 1 heterocycles. The molecule has 15 heavy (non-hydrogen) atoms. The Hall–Kier alpha value is 0.0969. The average Bonchev–Trinajstić information content (AvgIpc) is 2.11. The van der Waals surface area contributed by atoms with E-state index in [9.17, 15) is 0 Å². The fourth-order valence-electron chi connectivity index (χ4n) is 1.67. The summed E-state index contributed by atoms with van der Waals surface area (Å²) in [6, 6.07) is 0.254. The van der Waals surface area contributed by atoms with Gasteiger partial charge in [-0.2, -0.15) is 0 Å². The van der Waals surface area contributed by atoms with Crippen molar-refractivity contribution in [3.8, 4) is 0 Å². The monoisotopic (exact) mass is 232 g/mol. The van der Waals surface area contributed by atoms with Crippen molar-refractivity contribution in [3.63, 3.8) is 0 Å². The highest BCUT2D eigenvalue weighted by atomic mass is 28.2. The molecule has 92 valence electrons. The van der Waals surface area contributed by atoms with Crippen LogP contribution in [0.4, 0.5) is 0 Å². The third-order valence-corrected chi connectivity index (χ3v) is 3.99. The first-order valence-corrected chi connectivity index (χ1v) is 6.93. The van der Waals surface area contributed by atoms with Gasteiger partial charge >= 0.3 is 0 Å². The zero-order chi connectivity index (χ0) is 11.7. The summed E-state index contributed by atoms with van der Waals surface area (Å²) in [5.74, 6) is 0. The van der Waals surface area contributed by atoms with E-state index in [2.05, 4.69) is 19.2 Å². The highest BCUT2D eigenvalue weighted by Crippen LogP contribution is 2.24. The number of nitrogens with one attached hydrogen (secondary N) is 1. The van der Waals surface area contributed by atoms with Gasteiger partial charge in [0.05, 0.1) is 5.60 Å². The van der Waals surface area contributed by atoms with E-state index in [4.69, 9.17) is 10.2 Å². The zero-order valence-corrected chi connectivity index (χ0v) is 12.8. The van der Waals surface area contributed by atoms with Crippen molar-refractivity contribution in [1.82, 2.24) is 5.32 Å². The Morgan fingerprint density at radius 3 is 1.87 bits per heavy atom. The highest BCUT2D eigenvalue weighted by molar-refractivity contribution is 5.98. The first-order chi connectivity index (χ1) is 7.10. The molecule has 0 radical (unpaired) electrons. The lowest BCUT2D eigenvalue weighted by Crippen LogP contribution is -2.36. The van der Waals surface area contributed by atoms with Gasteiger partial charge in [0.15, 0.2) is 0 Å². The largest absolute Gasteiger partial charge is 0.422 e. The summed E-state index contributed by atoms with van der Waals surface area (Å²) < 4.78 is 5.61. The summed E-state index contributed by atoms with van der Waals surface area (Å²) in [7, 11) is 0.815. The van der Waals surface area contributed by atoms with Gasteiger partial charge in [-0.05, 0) is 45.7 Å². The van der Waals surface area contributed by atoms with Crippen LogP contribution in [0.25, 0.3) is 0 Å². The van der Waals surface area contributed by atoms with Crippen molar-refractivity contribution in [2.45, 2.75) is 58.1 Å². The minimum Gasteiger partial charge on any atom is -0.422 e. The Morgan fingerprint density at radius 2 is 1.80 bits per heavy atom. The van der Waals surface area contributed by atoms with Gasteiger partial charge in [-0.25, -0.2) is 0 Å². The SMILES string of the molecule is C1CNC1.CCC(CC)(CC(C)N)O[SiH3]. The van der Waals surface area contributed by atoms with E-state index in [-0.39, 0.29) is 11.6 Å². The molecule has 3 N–H and O–H groups in total. The fourth-order valence-corrected chi connectivity index (χ4v) is 2.42. The molecule has 0 bridgehead atoms. The van der Waals surface area contributed by atoms with Crippen molar-refractivity contribution in [3.05, 3.63) is 0 Å². The van der Waals surface area contributed by atoms with Gasteiger partial charge in [0.25, 0.3) is 0 Å². The second-order valence-electron chi connectivity index (χ2n) is 4.38. The van der Waals surface area contributed by atoms with Crippen molar-refractivity contribution in [1.29, 1.82) is 0 Å². The molecule has 0 spiro atoms. The first-order valence-electron chi connectivity index (χ1n) is 6.11. The van der Waals surface area contributed by atoms with E-state index in [0.29, 0.717) is 0 Å². The number of hydrogen-bond acceptors (Lipinski definition) is 3. The van der Waals surface area contributed by atoms with Crippen LogP contribution in [-0.4, -0.2) is 35.2 Å². The molecule has 0 saturated carbocycles. The van der Waals surface area contributed by atoms with Crippen molar-refractivity contribution >= 4 is 10.5 Å². The van der Waals surface area contributed by atoms with Gasteiger partial charge in [0, 0.05) is 6.04 Å². The van der Waals surface area contributed by atoms with E-state index in [1.54, 1.807) is 0 Å². The minimum atomic E-state index is 0.0837. The number of nitrogens with two attached hydrogens (primary N) is 1. The molecule has 0 aromatic rings. The standard InChI is InChI=1S/C8H21NOSi.C3H7N/c1-4-8(5-2,10-11)6-7(3)9;1-2-4-3-1/h7H,4-6,9H2,1-3,11H3;4H,1-3H2. The fraction of sp³-hybridized carbons (Fsp3) is 1.00. The van der Waals surface area contributed by atoms with Crippen LogP contribution in [0, 0.1) is 0 Å². The molecular weight excluding hydrogens is 204 g/mol. The summed E-state index contributed by atoms with van der Waals surface area (Å²) in [6.07, 6.45) is 4.53. The summed E-state index contributed by atoms with van der Waals surface area (Å²) in [5.41, 5.74) is 5.82. The Balaban J connectivity index is 0.000000401. The molecule has 1 unspecified atom stereocenters. The lowest BCUT2D eigenvalue weighted by molar-refractivity contribution is 0.0557. The van der Waals surface area contributed by atoms with Gasteiger partial charge < -0.3 is 15.5 Å². The third kappa shape index (κ3) is 6.30. The molecule has 0 aromatic heterocycles. The maximum Gasteiger partial charge on any atom is 0.146 e. The second-order valence-corrected chi connectivity index (χ2v) is 4.79. The zero-order valence-electron chi connectivity index (χ0n) is 10.8. The molecule has 0 amide bonds. The van der Waals surface area contributed by atoms with Gasteiger partial charge in [0.2, 0.25) is 0 Å². The van der Waals surface area contributed by atoms with Crippen LogP contribution in [0.2, 0.25) is 0 Å². The maximum atomic E-state index is 5.74. The predicted molar refractivity (Wildman–Crippen MR) is 70.1 cm³/mol. The molecule has 1 atom stereocenters. The normalized spacial score (nSPS) is 17.6.